The highest BCUT2D eigenvalue weighted by Gasteiger charge is 2.41. The Morgan fingerprint density at radius 3 is 2.67 bits per heavy atom. The smallest absolute Gasteiger partial charge is 0.248 e. The first-order valence-corrected chi connectivity index (χ1v) is 7.94. The third kappa shape index (κ3) is 3.63. The van der Waals surface area contributed by atoms with Crippen LogP contribution in [0.4, 0.5) is 0 Å². The number of amides is 1. The number of hydrogen-bond donors (Lipinski definition) is 2. The number of hydrogen-bond acceptors (Lipinski definition) is 4. The summed E-state index contributed by atoms with van der Waals surface area (Å²) in [6, 6.07) is 1.88. The number of rotatable bonds is 7. The van der Waals surface area contributed by atoms with Crippen LogP contribution in [-0.4, -0.2) is 59.9 Å². The van der Waals surface area contributed by atoms with Crippen LogP contribution in [0.25, 0.3) is 0 Å². The lowest BCUT2D eigenvalue weighted by molar-refractivity contribution is -0.132. The molecule has 1 aliphatic rings. The lowest BCUT2D eigenvalue weighted by Crippen LogP contribution is -2.55. The van der Waals surface area contributed by atoms with Crippen molar-refractivity contribution < 1.29 is 4.79 Å². The number of nitrogens with zero attached hydrogens (tertiary/aromatic N) is 3. The molecule has 1 aromatic heterocycles. The van der Waals surface area contributed by atoms with E-state index >= 15 is 0 Å². The lowest BCUT2D eigenvalue weighted by Gasteiger charge is -2.36. The molecule has 0 spiro atoms. The fourth-order valence-electron chi connectivity index (χ4n) is 2.95. The average Bonchev–Trinajstić information content (AvgIpc) is 3.07. The quantitative estimate of drug-likeness (QED) is 0.765. The molecule has 2 heterocycles. The maximum absolute atomic E-state index is 12.8. The van der Waals surface area contributed by atoms with E-state index in [9.17, 15) is 4.79 Å². The molecule has 1 aliphatic heterocycles. The molecule has 0 radical (unpaired) electrons. The minimum atomic E-state index is -0.530. The minimum absolute atomic E-state index is 0.0971. The number of carbonyl (C=O) groups excluding carboxylic acids is 1. The number of aromatic nitrogens is 2. The summed E-state index contributed by atoms with van der Waals surface area (Å²) < 4.78 is 1.83. The molecule has 1 saturated heterocycles. The zero-order chi connectivity index (χ0) is 15.1. The van der Waals surface area contributed by atoms with Gasteiger partial charge in [0.1, 0.15) is 5.54 Å². The van der Waals surface area contributed by atoms with Gasteiger partial charge in [-0.2, -0.15) is 5.10 Å². The first-order chi connectivity index (χ1) is 10.2. The number of piperidine rings is 1. The number of nitrogens with one attached hydrogen (secondary N) is 2. The van der Waals surface area contributed by atoms with Crippen LogP contribution < -0.4 is 10.6 Å². The summed E-state index contributed by atoms with van der Waals surface area (Å²) in [7, 11) is 0. The fourth-order valence-corrected chi connectivity index (χ4v) is 2.95. The summed E-state index contributed by atoms with van der Waals surface area (Å²) in [4.78, 5) is 15.1. The van der Waals surface area contributed by atoms with Crippen LogP contribution in [0.2, 0.25) is 0 Å². The van der Waals surface area contributed by atoms with E-state index in [1.54, 1.807) is 6.20 Å². The predicted molar refractivity (Wildman–Crippen MR) is 83.1 cm³/mol. The van der Waals surface area contributed by atoms with E-state index in [-0.39, 0.29) is 5.91 Å². The second kappa shape index (κ2) is 7.56. The minimum Gasteiger partial charge on any atom is -0.353 e. The van der Waals surface area contributed by atoms with Crippen molar-refractivity contribution in [2.75, 3.05) is 39.3 Å². The average molecular weight is 293 g/mol. The van der Waals surface area contributed by atoms with Crippen LogP contribution >= 0.6 is 0 Å². The Hall–Kier alpha value is -1.40. The molecule has 0 atom stereocenters. The van der Waals surface area contributed by atoms with Gasteiger partial charge in [-0.05, 0) is 45.1 Å². The molecule has 0 saturated carbocycles. The van der Waals surface area contributed by atoms with E-state index in [2.05, 4.69) is 34.5 Å². The predicted octanol–water partition coefficient (Wildman–Crippen LogP) is 0.420. The molecule has 21 heavy (non-hydrogen) atoms. The molecule has 6 heteroatoms. The topological polar surface area (TPSA) is 62.2 Å². The Morgan fingerprint density at radius 1 is 1.38 bits per heavy atom. The zero-order valence-corrected chi connectivity index (χ0v) is 13.1. The van der Waals surface area contributed by atoms with E-state index in [0.29, 0.717) is 6.54 Å². The van der Waals surface area contributed by atoms with Crippen molar-refractivity contribution in [2.24, 2.45) is 0 Å². The van der Waals surface area contributed by atoms with Gasteiger partial charge in [0, 0.05) is 25.5 Å². The Kier molecular flexibility index (Phi) is 5.76. The van der Waals surface area contributed by atoms with E-state index in [1.165, 1.54) is 0 Å². The molecule has 0 unspecified atom stereocenters. The highest BCUT2D eigenvalue weighted by Crippen LogP contribution is 2.26. The van der Waals surface area contributed by atoms with E-state index < -0.39 is 5.54 Å². The van der Waals surface area contributed by atoms with Gasteiger partial charge in [0.05, 0.1) is 0 Å². The molecule has 0 aromatic carbocycles. The van der Waals surface area contributed by atoms with Crippen LogP contribution in [0.3, 0.4) is 0 Å². The van der Waals surface area contributed by atoms with Crippen LogP contribution in [0.15, 0.2) is 18.5 Å². The second-order valence-electron chi connectivity index (χ2n) is 5.52. The Labute approximate surface area is 126 Å². The Bertz CT molecular complexity index is 421. The highest BCUT2D eigenvalue weighted by molar-refractivity contribution is 5.84. The van der Waals surface area contributed by atoms with Crippen molar-refractivity contribution in [1.29, 1.82) is 0 Å². The molecular formula is C15H27N5O. The van der Waals surface area contributed by atoms with Crippen LogP contribution in [0, 0.1) is 0 Å². The van der Waals surface area contributed by atoms with Gasteiger partial charge < -0.3 is 15.5 Å². The molecule has 0 aliphatic carbocycles. The number of carbonyl (C=O) groups is 1. The van der Waals surface area contributed by atoms with Crippen molar-refractivity contribution in [3.05, 3.63) is 18.5 Å². The van der Waals surface area contributed by atoms with Gasteiger partial charge >= 0.3 is 0 Å². The second-order valence-corrected chi connectivity index (χ2v) is 5.52. The summed E-state index contributed by atoms with van der Waals surface area (Å²) in [6.07, 6.45) is 5.21. The maximum Gasteiger partial charge on any atom is 0.248 e. The first-order valence-electron chi connectivity index (χ1n) is 7.94. The molecule has 1 amide bonds. The SMILES string of the molecule is CCN(CC)CCNC(=O)C1(n2cccn2)CCNCC1. The molecule has 1 aromatic rings. The molecule has 0 bridgehead atoms. The van der Waals surface area contributed by atoms with Crippen molar-refractivity contribution in [3.63, 3.8) is 0 Å². The molecule has 2 N–H and O–H groups in total. The third-order valence-corrected chi connectivity index (χ3v) is 4.40. The standard InChI is InChI=1S/C15H27N5O/c1-3-19(4-2)13-11-17-14(21)15(6-9-16-10-7-15)20-12-5-8-18-20/h5,8,12,16H,3-4,6-7,9-11,13H2,1-2H3,(H,17,21). The van der Waals surface area contributed by atoms with Crippen molar-refractivity contribution in [3.8, 4) is 0 Å². The summed E-state index contributed by atoms with van der Waals surface area (Å²) in [5.74, 6) is 0.0971. The van der Waals surface area contributed by atoms with Crippen molar-refractivity contribution >= 4 is 5.91 Å². The van der Waals surface area contributed by atoms with Gasteiger partial charge in [0.2, 0.25) is 5.91 Å². The zero-order valence-electron chi connectivity index (χ0n) is 13.1. The number of likely N-dealkylation sites (N-methyl/N-ethyl adjacent to an activating group) is 1. The van der Waals surface area contributed by atoms with Crippen LogP contribution in [-0.2, 0) is 10.3 Å². The van der Waals surface area contributed by atoms with Gasteiger partial charge in [-0.25, -0.2) is 0 Å². The van der Waals surface area contributed by atoms with Crippen LogP contribution in [0.1, 0.15) is 26.7 Å². The molecule has 2 rings (SSSR count). The van der Waals surface area contributed by atoms with Gasteiger partial charge in [-0.1, -0.05) is 13.8 Å². The Morgan fingerprint density at radius 2 is 2.10 bits per heavy atom. The summed E-state index contributed by atoms with van der Waals surface area (Å²) in [6.45, 7) is 9.60. The van der Waals surface area contributed by atoms with Gasteiger partial charge in [0.15, 0.2) is 0 Å². The summed E-state index contributed by atoms with van der Waals surface area (Å²) >= 11 is 0. The lowest BCUT2D eigenvalue weighted by atomic mass is 9.87. The molecule has 1 fully saturated rings. The van der Waals surface area contributed by atoms with E-state index in [4.69, 9.17) is 0 Å². The van der Waals surface area contributed by atoms with Gasteiger partial charge in [-0.3, -0.25) is 9.48 Å². The highest BCUT2D eigenvalue weighted by atomic mass is 16.2. The largest absolute Gasteiger partial charge is 0.353 e. The summed E-state index contributed by atoms with van der Waals surface area (Å²) in [5.41, 5.74) is -0.530. The molecule has 118 valence electrons. The Balaban J connectivity index is 1.99. The van der Waals surface area contributed by atoms with E-state index in [1.807, 2.05) is 16.9 Å². The summed E-state index contributed by atoms with van der Waals surface area (Å²) in [5, 5.41) is 10.8. The van der Waals surface area contributed by atoms with E-state index in [0.717, 1.165) is 45.6 Å². The fraction of sp³-hybridized carbons (Fsp3) is 0.733. The van der Waals surface area contributed by atoms with Crippen molar-refractivity contribution in [2.45, 2.75) is 32.2 Å². The molecule has 6 nitrogen and oxygen atoms in total. The monoisotopic (exact) mass is 293 g/mol. The third-order valence-electron chi connectivity index (χ3n) is 4.40. The normalized spacial score (nSPS) is 17.9. The molecular weight excluding hydrogens is 266 g/mol. The van der Waals surface area contributed by atoms with Crippen LogP contribution in [0.5, 0.6) is 0 Å². The maximum atomic E-state index is 12.8. The van der Waals surface area contributed by atoms with Gasteiger partial charge in [-0.15, -0.1) is 0 Å². The van der Waals surface area contributed by atoms with Gasteiger partial charge in [0.25, 0.3) is 0 Å². The first kappa shape index (κ1) is 16.0. The van der Waals surface area contributed by atoms with Crippen molar-refractivity contribution in [1.82, 2.24) is 25.3 Å².